The van der Waals surface area contributed by atoms with Crippen molar-refractivity contribution in [3.05, 3.63) is 71.8 Å². The van der Waals surface area contributed by atoms with E-state index in [1.807, 2.05) is 48.5 Å². The monoisotopic (exact) mass is 363 g/mol. The number of amides is 2. The van der Waals surface area contributed by atoms with Crippen LogP contribution in [0.2, 0.25) is 0 Å². The maximum Gasteiger partial charge on any atom is 0.243 e. The number of hydrogen-bond donors (Lipinski definition) is 1. The number of hydrazone groups is 1. The first-order valence-electron chi connectivity index (χ1n) is 9.38. The van der Waals surface area contributed by atoms with E-state index in [1.54, 1.807) is 0 Å². The molecule has 1 aliphatic heterocycles. The second-order valence-electron chi connectivity index (χ2n) is 6.80. The Morgan fingerprint density at radius 1 is 1.04 bits per heavy atom. The van der Waals surface area contributed by atoms with Crippen LogP contribution in [0.3, 0.4) is 0 Å². The zero-order chi connectivity index (χ0) is 19.1. The van der Waals surface area contributed by atoms with E-state index in [0.29, 0.717) is 13.1 Å². The first-order valence-corrected chi connectivity index (χ1v) is 9.38. The average Bonchev–Trinajstić information content (AvgIpc) is 3.22. The standard InChI is InChI=1S/C22H25N3O2/c1-17(18-8-4-2-5-9-18)16-23-21(26)12-13-22(27)25-15-14-20(24-25)19-10-6-3-7-11-19/h2-11,17H,12-16H2,1H3,(H,23,26). The predicted molar refractivity (Wildman–Crippen MR) is 106 cm³/mol. The van der Waals surface area contributed by atoms with E-state index in [1.165, 1.54) is 10.6 Å². The highest BCUT2D eigenvalue weighted by Gasteiger charge is 2.21. The summed E-state index contributed by atoms with van der Waals surface area (Å²) in [6.45, 7) is 3.22. The third-order valence-electron chi connectivity index (χ3n) is 4.74. The van der Waals surface area contributed by atoms with Crippen molar-refractivity contribution >= 4 is 17.5 Å². The van der Waals surface area contributed by atoms with Crippen LogP contribution in [0.4, 0.5) is 0 Å². The molecule has 1 aliphatic rings. The predicted octanol–water partition coefficient (Wildman–Crippen LogP) is 3.32. The molecule has 2 aromatic rings. The first-order chi connectivity index (χ1) is 13.1. The van der Waals surface area contributed by atoms with Gasteiger partial charge in [-0.05, 0) is 17.0 Å². The molecule has 140 valence electrons. The van der Waals surface area contributed by atoms with E-state index in [2.05, 4.69) is 29.5 Å². The molecule has 0 radical (unpaired) electrons. The molecule has 1 unspecified atom stereocenters. The Labute approximate surface area is 160 Å². The minimum absolute atomic E-state index is 0.0995. The lowest BCUT2D eigenvalue weighted by molar-refractivity contribution is -0.133. The van der Waals surface area contributed by atoms with Crippen LogP contribution in [0, 0.1) is 0 Å². The van der Waals surface area contributed by atoms with Gasteiger partial charge in [0.1, 0.15) is 0 Å². The molecule has 0 fully saturated rings. The molecular formula is C22H25N3O2. The van der Waals surface area contributed by atoms with E-state index in [9.17, 15) is 9.59 Å². The summed E-state index contributed by atoms with van der Waals surface area (Å²) in [5.74, 6) is 0.0345. The quantitative estimate of drug-likeness (QED) is 0.820. The summed E-state index contributed by atoms with van der Waals surface area (Å²) in [4.78, 5) is 24.4. The second kappa shape index (κ2) is 9.12. The molecular weight excluding hydrogens is 338 g/mol. The Kier molecular flexibility index (Phi) is 6.36. The van der Waals surface area contributed by atoms with Crippen LogP contribution in [0.5, 0.6) is 0 Å². The summed E-state index contributed by atoms with van der Waals surface area (Å²) < 4.78 is 0. The Morgan fingerprint density at radius 2 is 1.70 bits per heavy atom. The van der Waals surface area contributed by atoms with Crippen molar-refractivity contribution in [2.24, 2.45) is 5.10 Å². The summed E-state index contributed by atoms with van der Waals surface area (Å²) in [6, 6.07) is 19.9. The number of nitrogens with one attached hydrogen (secondary N) is 1. The van der Waals surface area contributed by atoms with Crippen LogP contribution in [0.25, 0.3) is 0 Å². The molecule has 27 heavy (non-hydrogen) atoms. The third-order valence-corrected chi connectivity index (χ3v) is 4.74. The summed E-state index contributed by atoms with van der Waals surface area (Å²) >= 11 is 0. The molecule has 1 atom stereocenters. The normalized spacial score (nSPS) is 14.6. The second-order valence-corrected chi connectivity index (χ2v) is 6.80. The van der Waals surface area contributed by atoms with E-state index in [-0.39, 0.29) is 30.6 Å². The molecule has 1 heterocycles. The molecule has 0 aromatic heterocycles. The highest BCUT2D eigenvalue weighted by molar-refractivity contribution is 6.02. The Morgan fingerprint density at radius 3 is 2.41 bits per heavy atom. The van der Waals surface area contributed by atoms with Gasteiger partial charge in [0, 0.05) is 25.8 Å². The lowest BCUT2D eigenvalue weighted by Crippen LogP contribution is -2.30. The minimum atomic E-state index is -0.104. The lowest BCUT2D eigenvalue weighted by atomic mass is 10.0. The van der Waals surface area contributed by atoms with Crippen molar-refractivity contribution in [3.8, 4) is 0 Å². The van der Waals surface area contributed by atoms with E-state index >= 15 is 0 Å². The van der Waals surface area contributed by atoms with Crippen molar-refractivity contribution in [3.63, 3.8) is 0 Å². The number of carbonyl (C=O) groups excluding carboxylic acids is 2. The molecule has 2 amide bonds. The fourth-order valence-corrected chi connectivity index (χ4v) is 3.07. The number of rotatable bonds is 7. The molecule has 3 rings (SSSR count). The Balaban J connectivity index is 1.42. The van der Waals surface area contributed by atoms with Gasteiger partial charge in [-0.25, -0.2) is 5.01 Å². The van der Waals surface area contributed by atoms with Crippen LogP contribution in [-0.2, 0) is 9.59 Å². The van der Waals surface area contributed by atoms with Crippen molar-refractivity contribution in [2.75, 3.05) is 13.1 Å². The molecule has 5 heteroatoms. The summed E-state index contributed by atoms with van der Waals surface area (Å²) in [5.41, 5.74) is 3.15. The van der Waals surface area contributed by atoms with Crippen LogP contribution in [0.15, 0.2) is 65.8 Å². The fourth-order valence-electron chi connectivity index (χ4n) is 3.07. The molecule has 0 aliphatic carbocycles. The maximum atomic E-state index is 12.3. The highest BCUT2D eigenvalue weighted by atomic mass is 16.2. The highest BCUT2D eigenvalue weighted by Crippen LogP contribution is 2.15. The van der Waals surface area contributed by atoms with Crippen LogP contribution < -0.4 is 5.32 Å². The van der Waals surface area contributed by atoms with Gasteiger partial charge in [0.25, 0.3) is 0 Å². The summed E-state index contributed by atoms with van der Waals surface area (Å²) in [6.07, 6.45) is 1.11. The maximum absolute atomic E-state index is 12.3. The van der Waals surface area contributed by atoms with Gasteiger partial charge in [-0.2, -0.15) is 5.10 Å². The van der Waals surface area contributed by atoms with Gasteiger partial charge in [-0.3, -0.25) is 9.59 Å². The van der Waals surface area contributed by atoms with Crippen LogP contribution in [0.1, 0.15) is 43.2 Å². The van der Waals surface area contributed by atoms with Gasteiger partial charge in [-0.15, -0.1) is 0 Å². The smallest absolute Gasteiger partial charge is 0.243 e. The summed E-state index contributed by atoms with van der Waals surface area (Å²) in [5, 5.41) is 8.82. The minimum Gasteiger partial charge on any atom is -0.355 e. The van der Waals surface area contributed by atoms with Gasteiger partial charge >= 0.3 is 0 Å². The number of carbonyl (C=O) groups is 2. The van der Waals surface area contributed by atoms with E-state index in [4.69, 9.17) is 0 Å². The SMILES string of the molecule is CC(CNC(=O)CCC(=O)N1CCC(c2ccccc2)=N1)c1ccccc1. The van der Waals surface area contributed by atoms with Crippen molar-refractivity contribution < 1.29 is 9.59 Å². The molecule has 0 saturated carbocycles. The zero-order valence-corrected chi connectivity index (χ0v) is 15.6. The summed E-state index contributed by atoms with van der Waals surface area (Å²) in [7, 11) is 0. The zero-order valence-electron chi connectivity index (χ0n) is 15.6. The van der Waals surface area contributed by atoms with Gasteiger partial charge in [-0.1, -0.05) is 67.6 Å². The van der Waals surface area contributed by atoms with Gasteiger partial charge in [0.15, 0.2) is 0 Å². The first kappa shape index (κ1) is 18.8. The van der Waals surface area contributed by atoms with Crippen molar-refractivity contribution in [1.82, 2.24) is 10.3 Å². The third kappa shape index (κ3) is 5.26. The topological polar surface area (TPSA) is 61.8 Å². The number of nitrogens with zero attached hydrogens (tertiary/aromatic N) is 2. The van der Waals surface area contributed by atoms with Gasteiger partial charge < -0.3 is 5.32 Å². The van der Waals surface area contributed by atoms with E-state index < -0.39 is 0 Å². The lowest BCUT2D eigenvalue weighted by Gasteiger charge is -2.14. The molecule has 2 aromatic carbocycles. The number of hydrogen-bond acceptors (Lipinski definition) is 3. The Hall–Kier alpha value is -2.95. The number of benzene rings is 2. The van der Waals surface area contributed by atoms with Gasteiger partial charge in [0.05, 0.1) is 12.3 Å². The molecule has 0 spiro atoms. The van der Waals surface area contributed by atoms with Crippen molar-refractivity contribution in [2.45, 2.75) is 32.1 Å². The molecule has 5 nitrogen and oxygen atoms in total. The van der Waals surface area contributed by atoms with Crippen LogP contribution in [-0.4, -0.2) is 35.6 Å². The average molecular weight is 363 g/mol. The van der Waals surface area contributed by atoms with E-state index in [0.717, 1.165) is 17.7 Å². The molecule has 0 saturated heterocycles. The van der Waals surface area contributed by atoms with Gasteiger partial charge in [0.2, 0.25) is 11.8 Å². The van der Waals surface area contributed by atoms with Crippen LogP contribution >= 0.6 is 0 Å². The molecule has 1 N–H and O–H groups in total. The Bertz CT molecular complexity index is 803. The fraction of sp³-hybridized carbons (Fsp3) is 0.318. The van der Waals surface area contributed by atoms with Crippen molar-refractivity contribution in [1.29, 1.82) is 0 Å². The largest absolute Gasteiger partial charge is 0.355 e. The molecule has 0 bridgehead atoms.